The van der Waals surface area contributed by atoms with Gasteiger partial charge in [-0.3, -0.25) is 4.79 Å². The minimum Gasteiger partial charge on any atom is -0.380 e. The van der Waals surface area contributed by atoms with Crippen molar-refractivity contribution in [3.05, 3.63) is 35.9 Å². The van der Waals surface area contributed by atoms with E-state index in [1.54, 1.807) is 0 Å². The van der Waals surface area contributed by atoms with Gasteiger partial charge in [0.1, 0.15) is 0 Å². The third-order valence-electron chi connectivity index (χ3n) is 7.02. The minimum absolute atomic E-state index is 0.165. The second-order valence-corrected chi connectivity index (χ2v) is 9.50. The van der Waals surface area contributed by atoms with Crippen LogP contribution in [0.1, 0.15) is 62.7 Å². The first kappa shape index (κ1) is 19.8. The number of nitrogens with zero attached hydrogens (tertiary/aromatic N) is 1. The van der Waals surface area contributed by atoms with Crippen LogP contribution >= 0.6 is 0 Å². The zero-order chi connectivity index (χ0) is 20.7. The highest BCUT2D eigenvalue weighted by Crippen LogP contribution is 2.42. The zero-order valence-electron chi connectivity index (χ0n) is 18.2. The standard InChI is InChI=1S/C25H34N4O/c1-16(2)27-21-9-3-4-10-22(21)28-20-13-12-19-24-18(20)8-5-11-23(24)29(25(19)30)17-7-6-14-26-15-17/h5,8,11-13,16-17,21-22,26-28H,3-4,6-7,9-10,14-15H2,1-2H3/t17?,21-,22-/m1/s1. The molecule has 0 radical (unpaired) electrons. The van der Waals surface area contributed by atoms with E-state index in [0.29, 0.717) is 18.1 Å². The van der Waals surface area contributed by atoms with Crippen molar-refractivity contribution in [3.8, 4) is 0 Å². The molecule has 2 fully saturated rings. The molecule has 5 rings (SSSR count). The van der Waals surface area contributed by atoms with Crippen LogP contribution in [0.2, 0.25) is 0 Å². The average molecular weight is 407 g/mol. The van der Waals surface area contributed by atoms with Crippen LogP contribution in [0.15, 0.2) is 30.3 Å². The second-order valence-electron chi connectivity index (χ2n) is 9.50. The van der Waals surface area contributed by atoms with Gasteiger partial charge in [0.2, 0.25) is 0 Å². The van der Waals surface area contributed by atoms with Gasteiger partial charge in [-0.2, -0.15) is 0 Å². The van der Waals surface area contributed by atoms with Crippen molar-refractivity contribution in [1.29, 1.82) is 0 Å². The van der Waals surface area contributed by atoms with Gasteiger partial charge in [-0.25, -0.2) is 0 Å². The Kier molecular flexibility index (Phi) is 5.42. The summed E-state index contributed by atoms with van der Waals surface area (Å²) in [4.78, 5) is 15.4. The Morgan fingerprint density at radius 2 is 1.87 bits per heavy atom. The number of hydrogen-bond acceptors (Lipinski definition) is 4. The van der Waals surface area contributed by atoms with E-state index in [9.17, 15) is 4.79 Å². The highest BCUT2D eigenvalue weighted by atomic mass is 16.2. The summed E-state index contributed by atoms with van der Waals surface area (Å²) in [5, 5.41) is 13.4. The lowest BCUT2D eigenvalue weighted by molar-refractivity contribution is 0.0979. The van der Waals surface area contributed by atoms with Gasteiger partial charge in [0.15, 0.2) is 0 Å². The van der Waals surface area contributed by atoms with Crippen molar-refractivity contribution in [1.82, 2.24) is 10.6 Å². The molecule has 5 nitrogen and oxygen atoms in total. The van der Waals surface area contributed by atoms with Crippen LogP contribution in [0.5, 0.6) is 0 Å². The van der Waals surface area contributed by atoms with Crippen molar-refractivity contribution in [3.63, 3.8) is 0 Å². The van der Waals surface area contributed by atoms with Crippen molar-refractivity contribution < 1.29 is 4.79 Å². The Bertz CT molecular complexity index is 934. The molecule has 1 saturated carbocycles. The molecule has 3 N–H and O–H groups in total. The lowest BCUT2D eigenvalue weighted by Gasteiger charge is -2.35. The molecule has 5 heteroatoms. The Morgan fingerprint density at radius 1 is 1.03 bits per heavy atom. The van der Waals surface area contributed by atoms with E-state index in [4.69, 9.17) is 0 Å². The first-order chi connectivity index (χ1) is 14.6. The molecule has 0 aromatic heterocycles. The summed E-state index contributed by atoms with van der Waals surface area (Å²) in [6.07, 6.45) is 7.17. The van der Waals surface area contributed by atoms with Gasteiger partial charge >= 0.3 is 0 Å². The summed E-state index contributed by atoms with van der Waals surface area (Å²) >= 11 is 0. The van der Waals surface area contributed by atoms with Gasteiger partial charge in [0, 0.05) is 52.7 Å². The number of hydrogen-bond donors (Lipinski definition) is 3. The summed E-state index contributed by atoms with van der Waals surface area (Å²) < 4.78 is 0. The molecule has 2 heterocycles. The van der Waals surface area contributed by atoms with Crippen LogP contribution in [0, 0.1) is 0 Å². The Hall–Kier alpha value is -2.11. The molecule has 0 bridgehead atoms. The molecule has 2 aromatic carbocycles. The normalized spacial score (nSPS) is 26.6. The number of carbonyl (C=O) groups is 1. The predicted octanol–water partition coefficient (Wildman–Crippen LogP) is 4.27. The topological polar surface area (TPSA) is 56.4 Å². The van der Waals surface area contributed by atoms with E-state index >= 15 is 0 Å². The number of carbonyl (C=O) groups excluding carboxylic acids is 1. The predicted molar refractivity (Wildman–Crippen MR) is 125 cm³/mol. The molecular weight excluding hydrogens is 372 g/mol. The molecule has 3 atom stereocenters. The van der Waals surface area contributed by atoms with Crippen LogP contribution in [-0.4, -0.2) is 43.2 Å². The molecule has 2 aromatic rings. The molecule has 1 saturated heterocycles. The van der Waals surface area contributed by atoms with Crippen LogP contribution in [0.4, 0.5) is 11.4 Å². The van der Waals surface area contributed by atoms with E-state index in [0.717, 1.165) is 48.3 Å². The van der Waals surface area contributed by atoms with E-state index in [1.165, 1.54) is 31.1 Å². The van der Waals surface area contributed by atoms with E-state index in [2.05, 4.69) is 59.0 Å². The maximum atomic E-state index is 13.3. The van der Waals surface area contributed by atoms with Gasteiger partial charge in [0.05, 0.1) is 5.69 Å². The highest BCUT2D eigenvalue weighted by molar-refractivity contribution is 6.26. The van der Waals surface area contributed by atoms with E-state index < -0.39 is 0 Å². The van der Waals surface area contributed by atoms with Crippen LogP contribution in [0.3, 0.4) is 0 Å². The fourth-order valence-corrected chi connectivity index (χ4v) is 5.68. The third-order valence-corrected chi connectivity index (χ3v) is 7.02. The number of amides is 1. The molecule has 3 aliphatic rings. The van der Waals surface area contributed by atoms with E-state index in [1.807, 2.05) is 6.07 Å². The van der Waals surface area contributed by atoms with Crippen molar-refractivity contribution in [2.24, 2.45) is 0 Å². The Labute approximate surface area is 179 Å². The zero-order valence-corrected chi connectivity index (χ0v) is 18.2. The van der Waals surface area contributed by atoms with Crippen molar-refractivity contribution in [2.75, 3.05) is 23.3 Å². The quantitative estimate of drug-likeness (QED) is 0.694. The number of rotatable bonds is 5. The number of nitrogens with one attached hydrogen (secondary N) is 3. The van der Waals surface area contributed by atoms with Gasteiger partial charge in [-0.05, 0) is 50.4 Å². The summed E-state index contributed by atoms with van der Waals surface area (Å²) in [7, 11) is 0. The first-order valence-electron chi connectivity index (χ1n) is 11.8. The summed E-state index contributed by atoms with van der Waals surface area (Å²) in [6.45, 7) is 6.39. The number of anilines is 2. The molecule has 160 valence electrons. The molecule has 1 unspecified atom stereocenters. The summed E-state index contributed by atoms with van der Waals surface area (Å²) in [6, 6.07) is 12.2. The largest absolute Gasteiger partial charge is 0.380 e. The Balaban J connectivity index is 1.49. The second kappa shape index (κ2) is 8.20. The molecule has 30 heavy (non-hydrogen) atoms. The fourth-order valence-electron chi connectivity index (χ4n) is 5.68. The third kappa shape index (κ3) is 3.48. The minimum atomic E-state index is 0.165. The monoisotopic (exact) mass is 406 g/mol. The van der Waals surface area contributed by atoms with Crippen molar-refractivity contribution >= 4 is 28.1 Å². The SMILES string of the molecule is CC(C)N[C@@H]1CCCC[C@H]1Nc1ccc2c3c(cccc13)N(C1CCCNC1)C2=O. The highest BCUT2D eigenvalue weighted by Gasteiger charge is 2.36. The van der Waals surface area contributed by atoms with E-state index in [-0.39, 0.29) is 11.9 Å². The van der Waals surface area contributed by atoms with Crippen LogP contribution < -0.4 is 20.9 Å². The number of piperidine rings is 1. The molecule has 0 spiro atoms. The van der Waals surface area contributed by atoms with Gasteiger partial charge < -0.3 is 20.9 Å². The van der Waals surface area contributed by atoms with Gasteiger partial charge in [-0.1, -0.05) is 38.8 Å². The van der Waals surface area contributed by atoms with Gasteiger partial charge in [-0.15, -0.1) is 0 Å². The summed E-state index contributed by atoms with van der Waals surface area (Å²) in [5.41, 5.74) is 3.11. The molecule has 1 amide bonds. The van der Waals surface area contributed by atoms with Gasteiger partial charge in [0.25, 0.3) is 5.91 Å². The van der Waals surface area contributed by atoms with Crippen molar-refractivity contribution in [2.45, 2.75) is 76.5 Å². The maximum Gasteiger partial charge on any atom is 0.259 e. The smallest absolute Gasteiger partial charge is 0.259 e. The average Bonchev–Trinajstić information content (AvgIpc) is 3.04. The number of benzene rings is 2. The van der Waals surface area contributed by atoms with Crippen LogP contribution in [-0.2, 0) is 0 Å². The maximum absolute atomic E-state index is 13.3. The molecular formula is C25H34N4O. The Morgan fingerprint density at radius 3 is 2.63 bits per heavy atom. The molecule has 2 aliphatic heterocycles. The summed E-state index contributed by atoms with van der Waals surface area (Å²) in [5.74, 6) is 0.165. The fraction of sp³-hybridized carbons (Fsp3) is 0.560. The molecule has 1 aliphatic carbocycles. The lowest BCUT2D eigenvalue weighted by atomic mass is 9.89. The van der Waals surface area contributed by atoms with Crippen LogP contribution in [0.25, 0.3) is 10.8 Å². The first-order valence-corrected chi connectivity index (χ1v) is 11.8. The lowest BCUT2D eigenvalue weighted by Crippen LogP contribution is -2.48.